The smallest absolute Gasteiger partial charge is 0.246 e. The lowest BCUT2D eigenvalue weighted by atomic mass is 10.1. The first kappa shape index (κ1) is 20.7. The highest BCUT2D eigenvalue weighted by atomic mass is 32.2. The van der Waals surface area contributed by atoms with Crippen LogP contribution in [-0.4, -0.2) is 43.1 Å². The molecule has 7 nitrogen and oxygen atoms in total. The van der Waals surface area contributed by atoms with Crippen molar-refractivity contribution in [2.24, 2.45) is 0 Å². The Balaban J connectivity index is 2.15. The number of anilines is 2. The van der Waals surface area contributed by atoms with E-state index in [0.29, 0.717) is 10.8 Å². The summed E-state index contributed by atoms with van der Waals surface area (Å²) in [4.78, 5) is 12.4. The fourth-order valence-electron chi connectivity index (χ4n) is 2.17. The topological polar surface area (TPSA) is 92.3 Å². The number of thioether (sulfide) groups is 1. The van der Waals surface area contributed by atoms with Gasteiger partial charge in [0.1, 0.15) is 6.54 Å². The lowest BCUT2D eigenvalue weighted by molar-refractivity contribution is -0.114. The maximum absolute atomic E-state index is 12.4. The molecule has 1 aromatic carbocycles. The van der Waals surface area contributed by atoms with Crippen LogP contribution in [0.3, 0.4) is 0 Å². The number of aromatic nitrogens is 2. The Kier molecular flexibility index (Phi) is 7.01. The average molecular weight is 415 g/mol. The van der Waals surface area contributed by atoms with Crippen LogP contribution in [0, 0.1) is 13.8 Å². The summed E-state index contributed by atoms with van der Waals surface area (Å²) in [5.74, 6) is 0.469. The Labute approximate surface area is 162 Å². The lowest BCUT2D eigenvalue weighted by Gasteiger charge is -2.23. The van der Waals surface area contributed by atoms with E-state index < -0.39 is 15.9 Å². The minimum absolute atomic E-state index is 0.319. The second-order valence-electron chi connectivity index (χ2n) is 5.83. The number of hydrogen-bond acceptors (Lipinski definition) is 7. The van der Waals surface area contributed by atoms with Gasteiger partial charge in [-0.2, -0.15) is 0 Å². The molecule has 0 atom stereocenters. The van der Waals surface area contributed by atoms with Gasteiger partial charge in [0, 0.05) is 5.75 Å². The van der Waals surface area contributed by atoms with Crippen molar-refractivity contribution in [2.75, 3.05) is 28.2 Å². The van der Waals surface area contributed by atoms with Crippen LogP contribution in [0.4, 0.5) is 10.8 Å². The van der Waals surface area contributed by atoms with Crippen molar-refractivity contribution in [3.8, 4) is 0 Å². The monoisotopic (exact) mass is 414 g/mol. The number of nitrogens with zero attached hydrogens (tertiary/aromatic N) is 3. The highest BCUT2D eigenvalue weighted by Gasteiger charge is 2.23. The summed E-state index contributed by atoms with van der Waals surface area (Å²) in [6, 6.07) is 5.49. The average Bonchev–Trinajstić information content (AvgIpc) is 2.99. The molecule has 1 aromatic heterocycles. The summed E-state index contributed by atoms with van der Waals surface area (Å²) in [7, 11) is -3.62. The zero-order valence-corrected chi connectivity index (χ0v) is 17.6. The predicted molar refractivity (Wildman–Crippen MR) is 108 cm³/mol. The fraction of sp³-hybridized carbons (Fsp3) is 0.438. The Morgan fingerprint density at radius 1 is 1.31 bits per heavy atom. The van der Waals surface area contributed by atoms with Gasteiger partial charge < -0.3 is 0 Å². The number of benzene rings is 1. The molecule has 0 saturated carbocycles. The van der Waals surface area contributed by atoms with Gasteiger partial charge >= 0.3 is 0 Å². The van der Waals surface area contributed by atoms with E-state index in [1.54, 1.807) is 17.8 Å². The Bertz CT molecular complexity index is 881. The third-order valence-corrected chi connectivity index (χ3v) is 6.71. The van der Waals surface area contributed by atoms with E-state index in [0.717, 1.165) is 38.2 Å². The molecule has 1 heterocycles. The number of sulfonamides is 1. The van der Waals surface area contributed by atoms with Crippen LogP contribution in [0.1, 0.15) is 24.5 Å². The van der Waals surface area contributed by atoms with Gasteiger partial charge in [-0.05, 0) is 37.5 Å². The van der Waals surface area contributed by atoms with Crippen molar-refractivity contribution in [2.45, 2.75) is 31.5 Å². The van der Waals surface area contributed by atoms with Gasteiger partial charge in [-0.15, -0.1) is 10.2 Å². The number of aryl methyl sites for hydroxylation is 2. The van der Waals surface area contributed by atoms with Crippen molar-refractivity contribution in [1.29, 1.82) is 0 Å². The minimum atomic E-state index is -3.62. The summed E-state index contributed by atoms with van der Waals surface area (Å²) in [6.07, 6.45) is 2.11. The van der Waals surface area contributed by atoms with Crippen LogP contribution in [-0.2, 0) is 14.8 Å². The molecule has 0 radical (unpaired) electrons. The number of nitrogens with one attached hydrogen (secondary N) is 1. The van der Waals surface area contributed by atoms with Gasteiger partial charge in [0.25, 0.3) is 0 Å². The Morgan fingerprint density at radius 3 is 2.69 bits per heavy atom. The van der Waals surface area contributed by atoms with E-state index in [2.05, 4.69) is 22.4 Å². The molecule has 1 amide bonds. The SMILES string of the molecule is CCCSc1nnc(NC(=O)CN(c2cc(C)ccc2C)S(C)(=O)=O)s1. The number of carbonyl (C=O) groups excluding carboxylic acids is 1. The predicted octanol–water partition coefficient (Wildman–Crippen LogP) is 3.06. The van der Waals surface area contributed by atoms with Gasteiger partial charge in [0.15, 0.2) is 4.34 Å². The molecule has 0 aliphatic heterocycles. The van der Waals surface area contributed by atoms with E-state index in [-0.39, 0.29) is 6.54 Å². The first-order valence-electron chi connectivity index (χ1n) is 8.02. The third kappa shape index (κ3) is 5.68. The standard InChI is InChI=1S/C16H22N4O3S3/c1-5-8-24-16-19-18-15(25-16)17-14(21)10-20(26(4,22)23)13-9-11(2)6-7-12(13)3/h6-7,9H,5,8,10H2,1-4H3,(H,17,18,21). The van der Waals surface area contributed by atoms with E-state index in [9.17, 15) is 13.2 Å². The molecule has 1 N–H and O–H groups in total. The van der Waals surface area contributed by atoms with Crippen LogP contribution < -0.4 is 9.62 Å². The molecule has 0 aliphatic rings. The fourth-order valence-corrected chi connectivity index (χ4v) is 4.77. The maximum atomic E-state index is 12.4. The second-order valence-corrected chi connectivity index (χ2v) is 10.1. The number of carbonyl (C=O) groups is 1. The largest absolute Gasteiger partial charge is 0.299 e. The number of amides is 1. The van der Waals surface area contributed by atoms with Gasteiger partial charge in [-0.3, -0.25) is 14.4 Å². The molecule has 2 rings (SSSR count). The first-order valence-corrected chi connectivity index (χ1v) is 11.7. The van der Waals surface area contributed by atoms with Gasteiger partial charge in [-0.25, -0.2) is 8.42 Å². The van der Waals surface area contributed by atoms with Crippen LogP contribution in [0.15, 0.2) is 22.5 Å². The molecule has 2 aromatic rings. The first-order chi connectivity index (χ1) is 12.2. The molecule has 142 valence electrons. The Hall–Kier alpha value is -1.65. The van der Waals surface area contributed by atoms with E-state index >= 15 is 0 Å². The molecule has 0 spiro atoms. The molecular formula is C16H22N4O3S3. The molecule has 0 bridgehead atoms. The maximum Gasteiger partial charge on any atom is 0.246 e. The van der Waals surface area contributed by atoms with Crippen LogP contribution >= 0.6 is 23.1 Å². The third-order valence-electron chi connectivity index (χ3n) is 3.40. The summed E-state index contributed by atoms with van der Waals surface area (Å²) < 4.78 is 26.3. The number of hydrogen-bond donors (Lipinski definition) is 1. The van der Waals surface area contributed by atoms with Crippen LogP contribution in [0.25, 0.3) is 0 Å². The normalized spacial score (nSPS) is 11.4. The van der Waals surface area contributed by atoms with Gasteiger partial charge in [0.05, 0.1) is 11.9 Å². The van der Waals surface area contributed by atoms with E-state index in [1.807, 2.05) is 26.0 Å². The quantitative estimate of drug-likeness (QED) is 0.527. The molecule has 0 aliphatic carbocycles. The molecular weight excluding hydrogens is 392 g/mol. The van der Waals surface area contributed by atoms with Crippen LogP contribution in [0.5, 0.6) is 0 Å². The molecule has 26 heavy (non-hydrogen) atoms. The molecule has 0 unspecified atom stereocenters. The van der Waals surface area contributed by atoms with Crippen molar-refractivity contribution in [1.82, 2.24) is 10.2 Å². The second kappa shape index (κ2) is 8.83. The summed E-state index contributed by atoms with van der Waals surface area (Å²) in [6.45, 7) is 5.44. The summed E-state index contributed by atoms with van der Waals surface area (Å²) >= 11 is 2.85. The summed E-state index contributed by atoms with van der Waals surface area (Å²) in [5.41, 5.74) is 2.20. The highest BCUT2D eigenvalue weighted by Crippen LogP contribution is 2.27. The van der Waals surface area contributed by atoms with Crippen LogP contribution in [0.2, 0.25) is 0 Å². The zero-order valence-electron chi connectivity index (χ0n) is 15.1. The van der Waals surface area contributed by atoms with Gasteiger partial charge in [-0.1, -0.05) is 42.2 Å². The van der Waals surface area contributed by atoms with Crippen molar-refractivity contribution in [3.63, 3.8) is 0 Å². The van der Waals surface area contributed by atoms with E-state index in [4.69, 9.17) is 0 Å². The van der Waals surface area contributed by atoms with Gasteiger partial charge in [0.2, 0.25) is 21.1 Å². The van der Waals surface area contributed by atoms with E-state index in [1.165, 1.54) is 11.3 Å². The molecule has 0 fully saturated rings. The minimum Gasteiger partial charge on any atom is -0.299 e. The Morgan fingerprint density at radius 2 is 2.04 bits per heavy atom. The van der Waals surface area contributed by atoms with Crippen molar-refractivity contribution >= 4 is 49.8 Å². The van der Waals surface area contributed by atoms with Crippen molar-refractivity contribution < 1.29 is 13.2 Å². The zero-order chi connectivity index (χ0) is 19.3. The van der Waals surface area contributed by atoms with Crippen molar-refractivity contribution in [3.05, 3.63) is 29.3 Å². The lowest BCUT2D eigenvalue weighted by Crippen LogP contribution is -2.37. The summed E-state index contributed by atoms with van der Waals surface area (Å²) in [5, 5.41) is 10.9. The number of rotatable bonds is 8. The molecule has 10 heteroatoms. The highest BCUT2D eigenvalue weighted by molar-refractivity contribution is 8.01. The molecule has 0 saturated heterocycles.